The Hall–Kier alpha value is -4.81. The summed E-state index contributed by atoms with van der Waals surface area (Å²) in [4.78, 5) is 52.3. The molecule has 0 fully saturated rings. The average Bonchev–Trinajstić information content (AvgIpc) is 2.93. The summed E-state index contributed by atoms with van der Waals surface area (Å²) in [5.41, 5.74) is 5.55. The molecule has 3 aromatic carbocycles. The van der Waals surface area contributed by atoms with Crippen molar-refractivity contribution in [3.8, 4) is 0 Å². The van der Waals surface area contributed by atoms with E-state index < -0.39 is 11.4 Å². The first-order valence-electron chi connectivity index (χ1n) is 12.0. The van der Waals surface area contributed by atoms with Gasteiger partial charge in [-0.1, -0.05) is 83.2 Å². The van der Waals surface area contributed by atoms with Crippen molar-refractivity contribution in [2.24, 2.45) is 15.3 Å². The van der Waals surface area contributed by atoms with Crippen LogP contribution in [0.4, 0.5) is 0 Å². The van der Waals surface area contributed by atoms with Gasteiger partial charge < -0.3 is 9.62 Å². The molecule has 0 atom stereocenters. The number of rotatable bonds is 12. The second-order valence-corrected chi connectivity index (χ2v) is 8.79. The lowest BCUT2D eigenvalue weighted by Gasteiger charge is -2.11. The number of nitroso groups, excluding NO2 is 2. The zero-order valence-corrected chi connectivity index (χ0v) is 20.9. The quantitative estimate of drug-likeness (QED) is 0.210. The zero-order chi connectivity index (χ0) is 27.6. The van der Waals surface area contributed by atoms with Crippen LogP contribution in [-0.2, 0) is 39.3 Å². The highest BCUT2D eigenvalue weighted by Crippen LogP contribution is 2.09. The highest BCUT2D eigenvalue weighted by molar-refractivity contribution is 5.25. The molecule has 12 heteroatoms. The molecule has 0 saturated heterocycles. The van der Waals surface area contributed by atoms with Crippen molar-refractivity contribution in [1.82, 2.24) is 14.6 Å². The van der Waals surface area contributed by atoms with Crippen LogP contribution in [0.3, 0.4) is 0 Å². The minimum Gasteiger partial charge on any atom is -0.375 e. The van der Waals surface area contributed by atoms with E-state index in [0.717, 1.165) is 21.3 Å². The van der Waals surface area contributed by atoms with Crippen LogP contribution in [0.15, 0.2) is 102 Å². The van der Waals surface area contributed by atoms with E-state index in [-0.39, 0.29) is 45.0 Å². The standard InChI is InChI=1S/C27H26N6O6/c34-26-32(17-23-8-2-6-21(11-23)15-30-37)25(28-13-19-4-1-5-20(10-19)14-29-36)39-27(35)33(26)18-24-9-3-7-22(12-24)16-31-38/h1-12,30,37H,13-18H2/b28-25-. The van der Waals surface area contributed by atoms with Crippen LogP contribution < -0.4 is 22.6 Å². The Morgan fingerprint density at radius 3 is 1.77 bits per heavy atom. The van der Waals surface area contributed by atoms with E-state index in [0.29, 0.717) is 16.7 Å². The van der Waals surface area contributed by atoms with Crippen LogP contribution >= 0.6 is 0 Å². The number of nitrogens with one attached hydrogen (secondary N) is 1. The summed E-state index contributed by atoms with van der Waals surface area (Å²) in [6.07, 6.45) is 0. The predicted octanol–water partition coefficient (Wildman–Crippen LogP) is 2.81. The van der Waals surface area contributed by atoms with Gasteiger partial charge in [0.15, 0.2) is 0 Å². The lowest BCUT2D eigenvalue weighted by molar-refractivity contribution is 0.161. The molecule has 0 radical (unpaired) electrons. The van der Waals surface area contributed by atoms with Crippen LogP contribution in [0.1, 0.15) is 33.4 Å². The van der Waals surface area contributed by atoms with E-state index in [9.17, 15) is 19.4 Å². The third-order valence-corrected chi connectivity index (χ3v) is 5.92. The molecule has 0 aliphatic rings. The molecule has 0 unspecified atom stereocenters. The molecule has 0 saturated carbocycles. The molecular formula is C27H26N6O6. The van der Waals surface area contributed by atoms with Crippen molar-refractivity contribution < 1.29 is 9.62 Å². The van der Waals surface area contributed by atoms with E-state index >= 15 is 0 Å². The Bertz CT molecular complexity index is 1660. The van der Waals surface area contributed by atoms with Crippen molar-refractivity contribution >= 4 is 0 Å². The second-order valence-electron chi connectivity index (χ2n) is 8.79. The molecule has 0 aliphatic heterocycles. The zero-order valence-electron chi connectivity index (χ0n) is 20.9. The molecular weight excluding hydrogens is 504 g/mol. The van der Waals surface area contributed by atoms with Gasteiger partial charge in [0.2, 0.25) is 0 Å². The first-order chi connectivity index (χ1) is 19.0. The maximum Gasteiger partial charge on any atom is 0.426 e. The Morgan fingerprint density at radius 2 is 1.18 bits per heavy atom. The van der Waals surface area contributed by atoms with Crippen molar-refractivity contribution in [1.29, 1.82) is 0 Å². The van der Waals surface area contributed by atoms with E-state index in [4.69, 9.17) is 9.62 Å². The highest BCUT2D eigenvalue weighted by atomic mass is 16.5. The molecule has 2 N–H and O–H groups in total. The topological polar surface area (TPSA) is 161 Å². The summed E-state index contributed by atoms with van der Waals surface area (Å²) in [5, 5.41) is 14.8. The lowest BCUT2D eigenvalue weighted by atomic mass is 10.1. The summed E-state index contributed by atoms with van der Waals surface area (Å²) in [6, 6.07) is 21.2. The van der Waals surface area contributed by atoms with Gasteiger partial charge in [-0.2, -0.15) is 9.81 Å². The highest BCUT2D eigenvalue weighted by Gasteiger charge is 2.13. The summed E-state index contributed by atoms with van der Waals surface area (Å²) < 4.78 is 7.76. The lowest BCUT2D eigenvalue weighted by Crippen LogP contribution is -2.47. The van der Waals surface area contributed by atoms with Gasteiger partial charge >= 0.3 is 17.1 Å². The van der Waals surface area contributed by atoms with Gasteiger partial charge in [0.1, 0.15) is 13.1 Å². The minimum atomic E-state index is -0.883. The van der Waals surface area contributed by atoms with Crippen molar-refractivity contribution in [2.45, 2.75) is 39.3 Å². The molecule has 0 bridgehead atoms. The van der Waals surface area contributed by atoms with Gasteiger partial charge in [-0.3, -0.25) is 0 Å². The first-order valence-corrected chi connectivity index (χ1v) is 12.0. The fourth-order valence-corrected chi connectivity index (χ4v) is 4.13. The van der Waals surface area contributed by atoms with E-state index in [1.54, 1.807) is 66.7 Å². The van der Waals surface area contributed by atoms with Crippen LogP contribution in [-0.4, -0.2) is 14.3 Å². The number of hydroxylamine groups is 1. The predicted molar refractivity (Wildman–Crippen MR) is 142 cm³/mol. The number of nitrogens with zero attached hydrogens (tertiary/aromatic N) is 5. The maximum atomic E-state index is 13.6. The molecule has 39 heavy (non-hydrogen) atoms. The molecule has 1 heterocycles. The van der Waals surface area contributed by atoms with Crippen LogP contribution in [0.25, 0.3) is 0 Å². The molecule has 0 aliphatic carbocycles. The largest absolute Gasteiger partial charge is 0.426 e. The molecule has 4 aromatic rings. The van der Waals surface area contributed by atoms with E-state index in [1.807, 2.05) is 6.07 Å². The SMILES string of the molecule is O=NCc1cccc(C/N=c2\oc(=O)n(Cc3cccc(CN=O)c3)c(=O)n2Cc2cccc(CNO)c2)c1. The summed E-state index contributed by atoms with van der Waals surface area (Å²) in [6.45, 7) is 0.255. The van der Waals surface area contributed by atoms with Gasteiger partial charge in [-0.05, 0) is 33.4 Å². The van der Waals surface area contributed by atoms with Crippen molar-refractivity contribution in [3.05, 3.63) is 143 Å². The Balaban J connectivity index is 1.78. The molecule has 12 nitrogen and oxygen atoms in total. The molecule has 0 spiro atoms. The Kier molecular flexibility index (Phi) is 9.16. The number of hydrogen-bond donors (Lipinski definition) is 2. The van der Waals surface area contributed by atoms with Crippen LogP contribution in [0.5, 0.6) is 0 Å². The van der Waals surface area contributed by atoms with Gasteiger partial charge in [-0.25, -0.2) is 29.2 Å². The monoisotopic (exact) mass is 530 g/mol. The Morgan fingerprint density at radius 1 is 0.692 bits per heavy atom. The summed E-state index contributed by atoms with van der Waals surface area (Å²) >= 11 is 0. The minimum absolute atomic E-state index is 0.0160. The van der Waals surface area contributed by atoms with E-state index in [1.165, 1.54) is 4.57 Å². The van der Waals surface area contributed by atoms with E-state index in [2.05, 4.69) is 20.8 Å². The first kappa shape index (κ1) is 27.2. The van der Waals surface area contributed by atoms with Crippen LogP contribution in [0.2, 0.25) is 0 Å². The fourth-order valence-electron chi connectivity index (χ4n) is 4.13. The van der Waals surface area contributed by atoms with Gasteiger partial charge in [0.05, 0.1) is 19.6 Å². The van der Waals surface area contributed by atoms with Crippen molar-refractivity contribution in [2.75, 3.05) is 0 Å². The third kappa shape index (κ3) is 7.15. The fraction of sp³-hybridized carbons (Fsp3) is 0.222. The molecule has 1 aromatic heterocycles. The normalized spacial score (nSPS) is 11.5. The molecule has 200 valence electrons. The van der Waals surface area contributed by atoms with Gasteiger partial charge in [0, 0.05) is 6.54 Å². The average molecular weight is 531 g/mol. The van der Waals surface area contributed by atoms with Gasteiger partial charge in [-0.15, -0.1) is 0 Å². The van der Waals surface area contributed by atoms with Crippen molar-refractivity contribution in [3.63, 3.8) is 0 Å². The number of aromatic nitrogens is 2. The maximum absolute atomic E-state index is 13.6. The second kappa shape index (κ2) is 13.1. The molecule has 0 amide bonds. The smallest absolute Gasteiger partial charge is 0.375 e. The molecule has 4 rings (SSSR count). The summed E-state index contributed by atoms with van der Waals surface area (Å²) in [7, 11) is 0. The summed E-state index contributed by atoms with van der Waals surface area (Å²) in [5.74, 6) is -0.883. The Labute approximate surface area is 221 Å². The third-order valence-electron chi connectivity index (χ3n) is 5.92. The number of benzene rings is 3. The van der Waals surface area contributed by atoms with Gasteiger partial charge in [0.25, 0.3) is 0 Å². The number of hydrogen-bond acceptors (Lipinski definition) is 10. The van der Waals surface area contributed by atoms with Crippen LogP contribution in [0, 0.1) is 9.81 Å².